The first-order valence-electron chi connectivity index (χ1n) is 13.1. The molecule has 0 spiro atoms. The van der Waals surface area contributed by atoms with E-state index in [1.165, 1.54) is 20.7 Å². The van der Waals surface area contributed by atoms with Crippen LogP contribution in [0.3, 0.4) is 0 Å². The molecule has 0 N–H and O–H groups in total. The number of para-hydroxylation sites is 2. The quantitative estimate of drug-likeness (QED) is 0.153. The minimum absolute atomic E-state index is 0.923. The molecule has 0 saturated heterocycles. The third-order valence-electron chi connectivity index (χ3n) is 7.72. The van der Waals surface area contributed by atoms with Crippen molar-refractivity contribution in [1.29, 1.82) is 0 Å². The van der Waals surface area contributed by atoms with Crippen LogP contribution < -0.4 is 20.7 Å². The van der Waals surface area contributed by atoms with Crippen LogP contribution in [0.5, 0.6) is 0 Å². The van der Waals surface area contributed by atoms with E-state index in [1.807, 2.05) is 12.1 Å². The highest BCUT2D eigenvalue weighted by Crippen LogP contribution is 2.35. The molecule has 1 heterocycles. The average molecular weight is 582 g/mol. The molecule has 0 aliphatic rings. The molecule has 1 aromatic heterocycles. The Morgan fingerprint density at radius 1 is 0.436 bits per heavy atom. The molecular weight excluding hydrogens is 556 g/mol. The SMILES string of the molecule is Brc1ccc([Si](c2ccccc2)(c2ccccc2)c2ccc(-c3cccc4c3oc3ccccc34)cc2)cc1. The van der Waals surface area contributed by atoms with Crippen LogP contribution in [0.15, 0.2) is 161 Å². The van der Waals surface area contributed by atoms with Crippen molar-refractivity contribution >= 4 is 66.7 Å². The summed E-state index contributed by atoms with van der Waals surface area (Å²) in [5.41, 5.74) is 4.13. The molecule has 3 heteroatoms. The van der Waals surface area contributed by atoms with E-state index < -0.39 is 8.07 Å². The van der Waals surface area contributed by atoms with Gasteiger partial charge in [-0.2, -0.15) is 0 Å². The maximum Gasteiger partial charge on any atom is 0.179 e. The Labute approximate surface area is 237 Å². The van der Waals surface area contributed by atoms with Crippen molar-refractivity contribution in [1.82, 2.24) is 0 Å². The van der Waals surface area contributed by atoms with Gasteiger partial charge in [-0.25, -0.2) is 0 Å². The molecule has 0 radical (unpaired) electrons. The van der Waals surface area contributed by atoms with Gasteiger partial charge in [0.15, 0.2) is 8.07 Å². The molecule has 0 amide bonds. The van der Waals surface area contributed by atoms with Crippen LogP contribution in [0.1, 0.15) is 0 Å². The third-order valence-corrected chi connectivity index (χ3v) is 13.1. The van der Waals surface area contributed by atoms with Gasteiger partial charge in [0.2, 0.25) is 0 Å². The van der Waals surface area contributed by atoms with E-state index in [1.54, 1.807) is 0 Å². The minimum atomic E-state index is -2.57. The van der Waals surface area contributed by atoms with E-state index in [2.05, 4.69) is 155 Å². The summed E-state index contributed by atoms with van der Waals surface area (Å²) in [5, 5.41) is 7.74. The Bertz CT molecular complexity index is 1850. The normalized spacial score (nSPS) is 11.7. The van der Waals surface area contributed by atoms with E-state index in [0.29, 0.717) is 0 Å². The van der Waals surface area contributed by atoms with Gasteiger partial charge in [-0.1, -0.05) is 149 Å². The van der Waals surface area contributed by atoms with Gasteiger partial charge < -0.3 is 4.42 Å². The smallest absolute Gasteiger partial charge is 0.179 e. The molecule has 0 aliphatic heterocycles. The molecule has 0 bridgehead atoms. The van der Waals surface area contributed by atoms with Crippen molar-refractivity contribution in [2.24, 2.45) is 0 Å². The molecule has 0 aliphatic carbocycles. The predicted octanol–water partition coefficient (Wildman–Crippen LogP) is 7.39. The molecule has 7 aromatic rings. The van der Waals surface area contributed by atoms with Gasteiger partial charge in [0.05, 0.1) is 0 Å². The molecule has 0 atom stereocenters. The summed E-state index contributed by atoms with van der Waals surface area (Å²) >= 11 is 3.66. The zero-order valence-corrected chi connectivity index (χ0v) is 23.8. The van der Waals surface area contributed by atoms with Gasteiger partial charge >= 0.3 is 0 Å². The molecule has 186 valence electrons. The second-order valence-corrected chi connectivity index (χ2v) is 14.6. The Hall–Kier alpha value is -4.18. The second-order valence-electron chi connectivity index (χ2n) is 9.85. The van der Waals surface area contributed by atoms with E-state index in [0.717, 1.165) is 37.5 Å². The predicted molar refractivity (Wildman–Crippen MR) is 170 cm³/mol. The molecule has 7 rings (SSSR count). The summed E-state index contributed by atoms with van der Waals surface area (Å²) in [6.45, 7) is 0. The van der Waals surface area contributed by atoms with Crippen molar-refractivity contribution in [3.63, 3.8) is 0 Å². The minimum Gasteiger partial charge on any atom is -0.455 e. The van der Waals surface area contributed by atoms with Crippen LogP contribution in [-0.2, 0) is 0 Å². The van der Waals surface area contributed by atoms with Crippen LogP contribution in [-0.4, -0.2) is 8.07 Å². The number of furan rings is 1. The van der Waals surface area contributed by atoms with Gasteiger partial charge in [0.1, 0.15) is 11.2 Å². The van der Waals surface area contributed by atoms with Crippen molar-refractivity contribution < 1.29 is 4.42 Å². The standard InChI is InChI=1S/C36H25BrOSi/c37-27-20-24-31(25-21-27)39(28-10-3-1-4-11-28,29-12-5-2-6-13-29)30-22-18-26(19-23-30)32-15-9-16-34-33-14-7-8-17-35(33)38-36(32)34/h1-25H. The number of hydrogen-bond donors (Lipinski definition) is 0. The zero-order chi connectivity index (χ0) is 26.2. The van der Waals surface area contributed by atoms with E-state index in [4.69, 9.17) is 4.42 Å². The fourth-order valence-corrected chi connectivity index (χ4v) is 10.9. The summed E-state index contributed by atoms with van der Waals surface area (Å²) in [4.78, 5) is 0. The lowest BCUT2D eigenvalue weighted by atomic mass is 10.0. The summed E-state index contributed by atoms with van der Waals surface area (Å²) in [7, 11) is -2.57. The van der Waals surface area contributed by atoms with Crippen LogP contribution in [0, 0.1) is 0 Å². The van der Waals surface area contributed by atoms with E-state index >= 15 is 0 Å². The molecular formula is C36H25BrOSi. The molecule has 0 fully saturated rings. The Morgan fingerprint density at radius 2 is 0.949 bits per heavy atom. The van der Waals surface area contributed by atoms with Crippen molar-refractivity contribution in [3.05, 3.63) is 156 Å². The number of benzene rings is 6. The zero-order valence-electron chi connectivity index (χ0n) is 21.2. The highest BCUT2D eigenvalue weighted by Gasteiger charge is 2.41. The molecule has 1 nitrogen and oxygen atoms in total. The van der Waals surface area contributed by atoms with Gasteiger partial charge in [0, 0.05) is 20.8 Å². The topological polar surface area (TPSA) is 13.1 Å². The van der Waals surface area contributed by atoms with Gasteiger partial charge in [-0.3, -0.25) is 0 Å². The fourth-order valence-electron chi connectivity index (χ4n) is 5.95. The first kappa shape index (κ1) is 23.9. The number of halogens is 1. The molecule has 6 aromatic carbocycles. The second kappa shape index (κ2) is 9.85. The summed E-state index contributed by atoms with van der Waals surface area (Å²) < 4.78 is 7.45. The number of fused-ring (bicyclic) bond motifs is 3. The Morgan fingerprint density at radius 3 is 1.59 bits per heavy atom. The van der Waals surface area contributed by atoms with Crippen molar-refractivity contribution in [3.8, 4) is 11.1 Å². The number of rotatable bonds is 5. The highest BCUT2D eigenvalue weighted by molar-refractivity contribution is 9.10. The Kier molecular flexibility index (Phi) is 6.03. The van der Waals surface area contributed by atoms with E-state index in [9.17, 15) is 0 Å². The van der Waals surface area contributed by atoms with Crippen LogP contribution in [0.25, 0.3) is 33.1 Å². The molecule has 0 saturated carbocycles. The summed E-state index contributed by atoms with van der Waals surface area (Å²) in [6, 6.07) is 54.9. The fraction of sp³-hybridized carbons (Fsp3) is 0. The van der Waals surface area contributed by atoms with Crippen molar-refractivity contribution in [2.45, 2.75) is 0 Å². The summed E-state index contributed by atoms with van der Waals surface area (Å²) in [6.07, 6.45) is 0. The monoisotopic (exact) mass is 580 g/mol. The van der Waals surface area contributed by atoms with Gasteiger partial charge in [-0.15, -0.1) is 0 Å². The summed E-state index contributed by atoms with van der Waals surface area (Å²) in [5.74, 6) is 0. The van der Waals surface area contributed by atoms with E-state index in [-0.39, 0.29) is 0 Å². The Balaban J connectivity index is 1.46. The lowest BCUT2D eigenvalue weighted by Gasteiger charge is -2.34. The largest absolute Gasteiger partial charge is 0.455 e. The lowest BCUT2D eigenvalue weighted by molar-refractivity contribution is 0.670. The first-order chi connectivity index (χ1) is 19.2. The van der Waals surface area contributed by atoms with Gasteiger partial charge in [-0.05, 0) is 44.5 Å². The van der Waals surface area contributed by atoms with Crippen LogP contribution in [0.4, 0.5) is 0 Å². The maximum absolute atomic E-state index is 6.36. The van der Waals surface area contributed by atoms with Crippen molar-refractivity contribution in [2.75, 3.05) is 0 Å². The third kappa shape index (κ3) is 3.97. The number of hydrogen-bond acceptors (Lipinski definition) is 1. The average Bonchev–Trinajstić information content (AvgIpc) is 3.39. The molecule has 0 unspecified atom stereocenters. The molecule has 39 heavy (non-hydrogen) atoms. The van der Waals surface area contributed by atoms with Crippen LogP contribution >= 0.6 is 15.9 Å². The van der Waals surface area contributed by atoms with Gasteiger partial charge in [0.25, 0.3) is 0 Å². The van der Waals surface area contributed by atoms with Crippen LogP contribution in [0.2, 0.25) is 0 Å². The maximum atomic E-state index is 6.36. The lowest BCUT2D eigenvalue weighted by Crippen LogP contribution is -2.74. The highest BCUT2D eigenvalue weighted by atomic mass is 79.9. The first-order valence-corrected chi connectivity index (χ1v) is 15.9.